The molecule has 2 aromatic heterocycles. The van der Waals surface area contributed by atoms with E-state index in [1.165, 1.54) is 16.0 Å². The van der Waals surface area contributed by atoms with Gasteiger partial charge < -0.3 is 10.1 Å². The summed E-state index contributed by atoms with van der Waals surface area (Å²) in [5.74, 6) is 1.74. The number of anilines is 1. The Hall–Kier alpha value is -2.16. The summed E-state index contributed by atoms with van der Waals surface area (Å²) in [6.07, 6.45) is 0. The highest BCUT2D eigenvalue weighted by Crippen LogP contribution is 2.32. The van der Waals surface area contributed by atoms with Crippen LogP contribution < -0.4 is 10.1 Å². The van der Waals surface area contributed by atoms with E-state index in [0.717, 1.165) is 26.5 Å². The number of para-hydroxylation sites is 2. The van der Waals surface area contributed by atoms with Crippen LogP contribution in [-0.2, 0) is 10.5 Å². The molecule has 0 unspecified atom stereocenters. The number of fused-ring (bicyclic) bond motifs is 2. The molecule has 0 atom stereocenters. The van der Waals surface area contributed by atoms with E-state index < -0.39 is 0 Å². The quantitative estimate of drug-likeness (QED) is 0.503. The number of thioether (sulfide) groups is 1. The van der Waals surface area contributed by atoms with Gasteiger partial charge in [0.1, 0.15) is 16.3 Å². The van der Waals surface area contributed by atoms with Crippen LogP contribution in [0.1, 0.15) is 5.01 Å². The molecule has 0 saturated heterocycles. The van der Waals surface area contributed by atoms with Gasteiger partial charge in [-0.1, -0.05) is 29.5 Å². The lowest BCUT2D eigenvalue weighted by atomic mass is 10.3. The summed E-state index contributed by atoms with van der Waals surface area (Å²) >= 11 is 4.67. The minimum absolute atomic E-state index is 0.0610. The van der Waals surface area contributed by atoms with E-state index in [9.17, 15) is 4.79 Å². The molecule has 0 aliphatic heterocycles. The minimum Gasteiger partial charge on any atom is -0.494 e. The van der Waals surface area contributed by atoms with Gasteiger partial charge in [0.25, 0.3) is 0 Å². The lowest BCUT2D eigenvalue weighted by molar-refractivity contribution is -0.113. The van der Waals surface area contributed by atoms with Gasteiger partial charge in [-0.05, 0) is 24.3 Å². The van der Waals surface area contributed by atoms with Crippen LogP contribution in [0.2, 0.25) is 0 Å². The fourth-order valence-corrected chi connectivity index (χ4v) is 5.26. The van der Waals surface area contributed by atoms with Crippen molar-refractivity contribution < 1.29 is 9.53 Å². The number of amides is 1. The average molecular weight is 402 g/mol. The molecule has 0 radical (unpaired) electrons. The normalized spacial score (nSPS) is 11.1. The number of carbonyl (C=O) groups excluding carboxylic acids is 1. The molecule has 2 aromatic carbocycles. The predicted molar refractivity (Wildman–Crippen MR) is 111 cm³/mol. The number of benzene rings is 2. The van der Waals surface area contributed by atoms with Crippen molar-refractivity contribution in [2.24, 2.45) is 0 Å². The Bertz CT molecular complexity index is 1040. The largest absolute Gasteiger partial charge is 0.494 e. The number of nitrogens with zero attached hydrogens (tertiary/aromatic N) is 2. The Labute approximate surface area is 162 Å². The fraction of sp³-hybridized carbons (Fsp3) is 0.167. The van der Waals surface area contributed by atoms with Crippen molar-refractivity contribution in [3.05, 3.63) is 47.5 Å². The maximum absolute atomic E-state index is 12.2. The van der Waals surface area contributed by atoms with Gasteiger partial charge in [-0.25, -0.2) is 9.97 Å². The summed E-state index contributed by atoms with van der Waals surface area (Å²) in [6.45, 7) is 0. The first-order chi connectivity index (χ1) is 12.7. The molecule has 0 spiro atoms. The molecule has 4 aromatic rings. The first-order valence-corrected chi connectivity index (χ1v) is 10.7. The van der Waals surface area contributed by atoms with Crippen molar-refractivity contribution in [2.45, 2.75) is 5.75 Å². The predicted octanol–water partition coefficient (Wildman–Crippen LogP) is 4.79. The van der Waals surface area contributed by atoms with E-state index in [2.05, 4.69) is 21.4 Å². The number of carbonyl (C=O) groups is 1. The van der Waals surface area contributed by atoms with Crippen LogP contribution in [0.3, 0.4) is 0 Å². The molecule has 0 aliphatic rings. The van der Waals surface area contributed by atoms with E-state index >= 15 is 0 Å². The summed E-state index contributed by atoms with van der Waals surface area (Å²) in [7, 11) is 1.62. The van der Waals surface area contributed by atoms with Gasteiger partial charge >= 0.3 is 0 Å². The summed E-state index contributed by atoms with van der Waals surface area (Å²) in [5, 5.41) is 4.50. The molecule has 0 bridgehead atoms. The van der Waals surface area contributed by atoms with Crippen LogP contribution in [0.4, 0.5) is 5.13 Å². The highest BCUT2D eigenvalue weighted by Gasteiger charge is 2.11. The number of thiazole rings is 2. The highest BCUT2D eigenvalue weighted by atomic mass is 32.2. The van der Waals surface area contributed by atoms with E-state index in [0.29, 0.717) is 16.6 Å². The fourth-order valence-electron chi connectivity index (χ4n) is 2.51. The Morgan fingerprint density at radius 3 is 2.81 bits per heavy atom. The van der Waals surface area contributed by atoms with Crippen molar-refractivity contribution in [1.82, 2.24) is 9.97 Å². The third-order valence-corrected chi connectivity index (χ3v) is 6.74. The Morgan fingerprint density at radius 2 is 1.96 bits per heavy atom. The molecule has 4 rings (SSSR count). The maximum atomic E-state index is 12.2. The lowest BCUT2D eigenvalue weighted by Crippen LogP contribution is -2.13. The van der Waals surface area contributed by atoms with Gasteiger partial charge in [0.15, 0.2) is 5.13 Å². The molecule has 1 amide bonds. The second kappa shape index (κ2) is 7.61. The molecule has 0 fully saturated rings. The van der Waals surface area contributed by atoms with Crippen LogP contribution >= 0.6 is 34.4 Å². The number of nitrogens with one attached hydrogen (secondary N) is 1. The molecular weight excluding hydrogens is 386 g/mol. The van der Waals surface area contributed by atoms with E-state index in [1.807, 2.05) is 36.4 Å². The molecule has 0 saturated carbocycles. The number of rotatable bonds is 6. The zero-order valence-corrected chi connectivity index (χ0v) is 16.3. The SMILES string of the molecule is COc1cccc2sc(NC(=O)CSCc3nc4ccccc4s3)nc12. The third kappa shape index (κ3) is 3.67. The molecule has 0 aliphatic carbocycles. The summed E-state index contributed by atoms with van der Waals surface area (Å²) in [5.41, 5.74) is 1.79. The average Bonchev–Trinajstić information content (AvgIpc) is 3.24. The van der Waals surface area contributed by atoms with Crippen molar-refractivity contribution in [2.75, 3.05) is 18.2 Å². The third-order valence-electron chi connectivity index (χ3n) is 3.65. The molecule has 132 valence electrons. The van der Waals surface area contributed by atoms with Gasteiger partial charge in [0.2, 0.25) is 5.91 Å². The van der Waals surface area contributed by atoms with Crippen LogP contribution in [0, 0.1) is 0 Å². The smallest absolute Gasteiger partial charge is 0.236 e. The molecule has 2 heterocycles. The number of ether oxygens (including phenoxy) is 1. The molecular formula is C18H15N3O2S3. The topological polar surface area (TPSA) is 64.1 Å². The first kappa shape index (κ1) is 17.3. The van der Waals surface area contributed by atoms with Gasteiger partial charge in [0, 0.05) is 5.75 Å². The zero-order valence-electron chi connectivity index (χ0n) is 13.9. The summed E-state index contributed by atoms with van der Waals surface area (Å²) in [6, 6.07) is 13.8. The van der Waals surface area contributed by atoms with Gasteiger partial charge in [-0.2, -0.15) is 0 Å². The van der Waals surface area contributed by atoms with Gasteiger partial charge in [0.05, 0.1) is 27.8 Å². The number of hydrogen-bond acceptors (Lipinski definition) is 7. The molecule has 1 N–H and O–H groups in total. The standard InChI is InChI=1S/C18H15N3O2S3/c1-23-12-6-4-8-14-17(12)21-18(26-14)20-15(22)9-24-10-16-19-11-5-2-3-7-13(11)25-16/h2-8H,9-10H2,1H3,(H,20,21,22). The lowest BCUT2D eigenvalue weighted by Gasteiger charge is -2.00. The molecule has 26 heavy (non-hydrogen) atoms. The van der Waals surface area contributed by atoms with Crippen LogP contribution in [0.5, 0.6) is 5.75 Å². The van der Waals surface area contributed by atoms with E-state index in [1.54, 1.807) is 30.2 Å². The number of methoxy groups -OCH3 is 1. The van der Waals surface area contributed by atoms with Crippen molar-refractivity contribution in [3.8, 4) is 5.75 Å². The number of aromatic nitrogens is 2. The van der Waals surface area contributed by atoms with Crippen molar-refractivity contribution >= 4 is 65.9 Å². The minimum atomic E-state index is -0.0610. The zero-order chi connectivity index (χ0) is 17.9. The van der Waals surface area contributed by atoms with Gasteiger partial charge in [-0.3, -0.25) is 4.79 Å². The highest BCUT2D eigenvalue weighted by molar-refractivity contribution is 7.99. The molecule has 8 heteroatoms. The number of hydrogen-bond donors (Lipinski definition) is 1. The van der Waals surface area contributed by atoms with Crippen molar-refractivity contribution in [3.63, 3.8) is 0 Å². The maximum Gasteiger partial charge on any atom is 0.236 e. The summed E-state index contributed by atoms with van der Waals surface area (Å²) in [4.78, 5) is 21.2. The van der Waals surface area contributed by atoms with E-state index in [-0.39, 0.29) is 5.91 Å². The molecule has 5 nitrogen and oxygen atoms in total. The summed E-state index contributed by atoms with van der Waals surface area (Å²) < 4.78 is 7.47. The van der Waals surface area contributed by atoms with Crippen LogP contribution in [0.15, 0.2) is 42.5 Å². The van der Waals surface area contributed by atoms with Crippen LogP contribution in [0.25, 0.3) is 20.4 Å². The second-order valence-electron chi connectivity index (χ2n) is 5.44. The van der Waals surface area contributed by atoms with Gasteiger partial charge in [-0.15, -0.1) is 23.1 Å². The monoisotopic (exact) mass is 401 g/mol. The Balaban J connectivity index is 1.35. The Kier molecular flexibility index (Phi) is 5.05. The Morgan fingerprint density at radius 1 is 1.12 bits per heavy atom. The van der Waals surface area contributed by atoms with Crippen molar-refractivity contribution in [1.29, 1.82) is 0 Å². The second-order valence-corrected chi connectivity index (χ2v) is 8.57. The first-order valence-electron chi connectivity index (χ1n) is 7.88. The van der Waals surface area contributed by atoms with Crippen LogP contribution in [-0.4, -0.2) is 28.7 Å². The van der Waals surface area contributed by atoms with E-state index in [4.69, 9.17) is 4.74 Å².